The molecule has 7 unspecified atom stereocenters. The van der Waals surface area contributed by atoms with Crippen LogP contribution >= 0.6 is 23.5 Å². The number of rotatable bonds is 5. The van der Waals surface area contributed by atoms with Crippen molar-refractivity contribution in [3.8, 4) is 0 Å². The number of ether oxygens (including phenoxy) is 1. The van der Waals surface area contributed by atoms with E-state index >= 15 is 0 Å². The third kappa shape index (κ3) is 6.07. The second kappa shape index (κ2) is 10.7. The van der Waals surface area contributed by atoms with Crippen molar-refractivity contribution >= 4 is 41.4 Å². The van der Waals surface area contributed by atoms with Crippen LogP contribution in [0, 0.1) is 11.8 Å². The van der Waals surface area contributed by atoms with Crippen LogP contribution in [0.15, 0.2) is 0 Å². The molecule has 0 radical (unpaired) electrons. The molecular formula is C20H33N5O4S2. The molecule has 0 aromatic rings. The van der Waals surface area contributed by atoms with Crippen LogP contribution < -0.4 is 26.6 Å². The first-order chi connectivity index (χ1) is 15.0. The van der Waals surface area contributed by atoms with Crippen LogP contribution in [0.1, 0.15) is 32.6 Å². The lowest BCUT2D eigenvalue weighted by Gasteiger charge is -2.27. The Morgan fingerprint density at radius 3 is 2.81 bits per heavy atom. The number of hydrogen-bond donors (Lipinski definition) is 5. The van der Waals surface area contributed by atoms with Gasteiger partial charge < -0.3 is 20.7 Å². The van der Waals surface area contributed by atoms with Crippen LogP contribution in [0.4, 0.5) is 4.79 Å². The zero-order chi connectivity index (χ0) is 21.8. The molecular weight excluding hydrogens is 438 g/mol. The number of fused-ring (bicyclic) bond motifs is 1. The van der Waals surface area contributed by atoms with Crippen molar-refractivity contribution in [2.24, 2.45) is 11.8 Å². The minimum Gasteiger partial charge on any atom is -0.449 e. The van der Waals surface area contributed by atoms with Gasteiger partial charge in [0.25, 0.3) is 0 Å². The van der Waals surface area contributed by atoms with Crippen LogP contribution in [-0.2, 0) is 14.3 Å². The van der Waals surface area contributed by atoms with Gasteiger partial charge in [-0.25, -0.2) is 4.79 Å². The highest BCUT2D eigenvalue weighted by atomic mass is 32.2. The van der Waals surface area contributed by atoms with Crippen LogP contribution in [-0.4, -0.2) is 78.0 Å². The van der Waals surface area contributed by atoms with E-state index in [2.05, 4.69) is 33.5 Å². The number of thioether (sulfide) groups is 2. The second-order valence-electron chi connectivity index (χ2n) is 8.85. The summed E-state index contributed by atoms with van der Waals surface area (Å²) in [6.07, 6.45) is 2.90. The Hall–Kier alpha value is -1.01. The molecule has 174 valence electrons. The fourth-order valence-corrected chi connectivity index (χ4v) is 7.48. The maximum Gasteiger partial charge on any atom is 0.413 e. The average molecular weight is 472 g/mol. The average Bonchev–Trinajstić information content (AvgIpc) is 3.39. The number of amides is 3. The Balaban J connectivity index is 1.21. The molecule has 7 atom stereocenters. The SMILES string of the molecule is CC1CC(COC(=O)NC(=O)C2CCSC2NC(=O)C2NC3CNCCC3S2)CCN1. The Labute approximate surface area is 191 Å². The molecule has 31 heavy (non-hydrogen) atoms. The van der Waals surface area contributed by atoms with Gasteiger partial charge in [-0.1, -0.05) is 0 Å². The maximum atomic E-state index is 12.8. The first-order valence-corrected chi connectivity index (χ1v) is 13.2. The molecule has 11 heteroatoms. The van der Waals surface area contributed by atoms with Crippen LogP contribution in [0.2, 0.25) is 0 Å². The fraction of sp³-hybridized carbons (Fsp3) is 0.850. The number of carbonyl (C=O) groups excluding carboxylic acids is 3. The van der Waals surface area contributed by atoms with Crippen molar-refractivity contribution < 1.29 is 19.1 Å². The van der Waals surface area contributed by atoms with Gasteiger partial charge in [0.2, 0.25) is 11.8 Å². The zero-order valence-corrected chi connectivity index (χ0v) is 19.5. The molecule has 4 rings (SSSR count). The van der Waals surface area contributed by atoms with Crippen molar-refractivity contribution in [1.29, 1.82) is 0 Å². The smallest absolute Gasteiger partial charge is 0.413 e. The van der Waals surface area contributed by atoms with Crippen molar-refractivity contribution in [2.45, 2.75) is 60.7 Å². The van der Waals surface area contributed by atoms with Gasteiger partial charge in [0.1, 0.15) is 5.37 Å². The highest BCUT2D eigenvalue weighted by Gasteiger charge is 2.42. The predicted molar refractivity (Wildman–Crippen MR) is 122 cm³/mol. The molecule has 0 spiro atoms. The van der Waals surface area contributed by atoms with Gasteiger partial charge in [-0.2, -0.15) is 0 Å². The van der Waals surface area contributed by atoms with Gasteiger partial charge >= 0.3 is 6.09 Å². The summed E-state index contributed by atoms with van der Waals surface area (Å²) < 4.78 is 5.30. The van der Waals surface area contributed by atoms with Gasteiger partial charge in [-0.05, 0) is 57.4 Å². The van der Waals surface area contributed by atoms with E-state index < -0.39 is 12.0 Å². The van der Waals surface area contributed by atoms with E-state index in [0.717, 1.165) is 44.6 Å². The molecule has 3 amide bonds. The molecule has 0 aliphatic carbocycles. The Morgan fingerprint density at radius 2 is 2.00 bits per heavy atom. The number of piperidine rings is 2. The lowest BCUT2D eigenvalue weighted by atomic mass is 9.94. The second-order valence-corrected chi connectivity index (χ2v) is 11.4. The summed E-state index contributed by atoms with van der Waals surface area (Å²) >= 11 is 3.23. The molecule has 0 saturated carbocycles. The molecule has 4 aliphatic heterocycles. The van der Waals surface area contributed by atoms with Crippen molar-refractivity contribution in [3.63, 3.8) is 0 Å². The quantitative estimate of drug-likeness (QED) is 0.383. The van der Waals surface area contributed by atoms with E-state index in [9.17, 15) is 14.4 Å². The fourth-order valence-electron chi connectivity index (χ4n) is 4.74. The summed E-state index contributed by atoms with van der Waals surface area (Å²) in [5.74, 6) is 0.200. The third-order valence-electron chi connectivity index (χ3n) is 6.45. The topological polar surface area (TPSA) is 121 Å². The summed E-state index contributed by atoms with van der Waals surface area (Å²) in [7, 11) is 0. The van der Waals surface area contributed by atoms with E-state index in [1.54, 1.807) is 23.5 Å². The molecule has 0 aromatic carbocycles. The summed E-state index contributed by atoms with van der Waals surface area (Å²) in [5, 5.41) is 15.3. The van der Waals surface area contributed by atoms with Gasteiger partial charge in [-0.3, -0.25) is 20.2 Å². The molecule has 0 aromatic heterocycles. The van der Waals surface area contributed by atoms with Crippen molar-refractivity contribution in [2.75, 3.05) is 32.0 Å². The van der Waals surface area contributed by atoms with E-state index in [4.69, 9.17) is 4.74 Å². The number of nitrogens with one attached hydrogen (secondary N) is 5. The maximum absolute atomic E-state index is 12.8. The van der Waals surface area contributed by atoms with Crippen molar-refractivity contribution in [1.82, 2.24) is 26.6 Å². The van der Waals surface area contributed by atoms with Crippen LogP contribution in [0.25, 0.3) is 0 Å². The van der Waals surface area contributed by atoms with E-state index in [1.165, 1.54) is 0 Å². The number of hydrogen-bond acceptors (Lipinski definition) is 9. The standard InChI is InChI=1S/C20H33N5O4S2/c1-11-8-12(2-6-22-11)10-29-20(28)25-16(26)13-4-7-30-18(13)24-17(27)19-23-14-9-21-5-3-15(14)31-19/h11-15,18-19,21-23H,2-10H2,1H3,(H,24,27)(H,25,26,28). The lowest BCUT2D eigenvalue weighted by molar-refractivity contribution is -0.125. The monoisotopic (exact) mass is 471 g/mol. The molecule has 9 nitrogen and oxygen atoms in total. The summed E-state index contributed by atoms with van der Waals surface area (Å²) in [6, 6.07) is 0.724. The normalized spacial score (nSPS) is 37.6. The Morgan fingerprint density at radius 1 is 1.13 bits per heavy atom. The lowest BCUT2D eigenvalue weighted by Crippen LogP contribution is -2.51. The Kier molecular flexibility index (Phi) is 8.02. The largest absolute Gasteiger partial charge is 0.449 e. The van der Waals surface area contributed by atoms with Crippen LogP contribution in [0.5, 0.6) is 0 Å². The zero-order valence-electron chi connectivity index (χ0n) is 17.9. The molecule has 4 heterocycles. The van der Waals surface area contributed by atoms with Gasteiger partial charge in [0, 0.05) is 23.9 Å². The summed E-state index contributed by atoms with van der Waals surface area (Å²) in [4.78, 5) is 37.6. The highest BCUT2D eigenvalue weighted by Crippen LogP contribution is 2.34. The van der Waals surface area contributed by atoms with E-state index in [1.807, 2.05) is 0 Å². The van der Waals surface area contributed by atoms with Gasteiger partial charge in [0.15, 0.2) is 0 Å². The highest BCUT2D eigenvalue weighted by molar-refractivity contribution is 8.01. The minimum absolute atomic E-state index is 0.0841. The molecule has 0 bridgehead atoms. The Bertz CT molecular complexity index is 670. The van der Waals surface area contributed by atoms with E-state index in [-0.39, 0.29) is 22.6 Å². The minimum atomic E-state index is -0.692. The summed E-state index contributed by atoms with van der Waals surface area (Å²) in [6.45, 7) is 5.22. The third-order valence-corrected chi connectivity index (χ3v) is 9.27. The van der Waals surface area contributed by atoms with Crippen molar-refractivity contribution in [3.05, 3.63) is 0 Å². The number of alkyl carbamates (subject to hydrolysis) is 1. The molecule has 4 saturated heterocycles. The van der Waals surface area contributed by atoms with E-state index in [0.29, 0.717) is 36.3 Å². The molecule has 5 N–H and O–H groups in total. The first-order valence-electron chi connectivity index (χ1n) is 11.2. The predicted octanol–water partition coefficient (Wildman–Crippen LogP) is 0.216. The van der Waals surface area contributed by atoms with Crippen LogP contribution in [0.3, 0.4) is 0 Å². The van der Waals surface area contributed by atoms with Gasteiger partial charge in [0.05, 0.1) is 17.9 Å². The molecule has 4 aliphatic rings. The van der Waals surface area contributed by atoms with Gasteiger partial charge in [-0.15, -0.1) is 23.5 Å². The number of imide groups is 1. The molecule has 4 fully saturated rings. The number of carbonyl (C=O) groups is 3. The summed E-state index contributed by atoms with van der Waals surface area (Å²) in [5.41, 5.74) is 0. The first kappa shape index (κ1) is 23.2.